The van der Waals surface area contributed by atoms with Crippen LogP contribution in [0.2, 0.25) is 0 Å². The molecule has 0 spiro atoms. The Morgan fingerprint density at radius 3 is 2.59 bits per heavy atom. The fourth-order valence-electron chi connectivity index (χ4n) is 3.01. The van der Waals surface area contributed by atoms with Crippen LogP contribution in [0.5, 0.6) is 5.75 Å². The summed E-state index contributed by atoms with van der Waals surface area (Å²) in [5, 5.41) is 9.39. The van der Waals surface area contributed by atoms with Crippen LogP contribution in [0, 0.1) is 0 Å². The second kappa shape index (κ2) is 6.94. The van der Waals surface area contributed by atoms with Gasteiger partial charge in [0.05, 0.1) is 25.5 Å². The van der Waals surface area contributed by atoms with E-state index in [0.29, 0.717) is 25.4 Å². The lowest BCUT2D eigenvalue weighted by Gasteiger charge is -2.31. The van der Waals surface area contributed by atoms with Crippen LogP contribution < -0.4 is 4.74 Å². The highest BCUT2D eigenvalue weighted by atomic mass is 16.6. The van der Waals surface area contributed by atoms with Crippen LogP contribution in [0.3, 0.4) is 0 Å². The van der Waals surface area contributed by atoms with Gasteiger partial charge in [-0.2, -0.15) is 0 Å². The summed E-state index contributed by atoms with van der Waals surface area (Å²) < 4.78 is 12.5. The minimum atomic E-state index is -1.05. The van der Waals surface area contributed by atoms with Crippen LogP contribution in [0.1, 0.15) is 37.0 Å². The van der Waals surface area contributed by atoms with Gasteiger partial charge in [0.15, 0.2) is 0 Å². The van der Waals surface area contributed by atoms with E-state index in [9.17, 15) is 14.7 Å². The van der Waals surface area contributed by atoms with Gasteiger partial charge in [0.25, 0.3) is 0 Å². The van der Waals surface area contributed by atoms with E-state index in [1.807, 2.05) is 25.3 Å². The molecular formula is C19H23N3O5. The van der Waals surface area contributed by atoms with Gasteiger partial charge < -0.3 is 19.1 Å². The molecule has 2 heterocycles. The van der Waals surface area contributed by atoms with Gasteiger partial charge in [-0.3, -0.25) is 4.90 Å². The Morgan fingerprint density at radius 2 is 1.96 bits per heavy atom. The Morgan fingerprint density at radius 1 is 1.22 bits per heavy atom. The lowest BCUT2D eigenvalue weighted by molar-refractivity contribution is 0.0195. The molecule has 8 nitrogen and oxygen atoms in total. The zero-order valence-electron chi connectivity index (χ0n) is 15.9. The molecule has 1 amide bonds. The van der Waals surface area contributed by atoms with E-state index < -0.39 is 11.6 Å². The molecule has 27 heavy (non-hydrogen) atoms. The summed E-state index contributed by atoms with van der Waals surface area (Å²) in [6, 6.07) is 5.01. The quantitative estimate of drug-likeness (QED) is 0.889. The number of imidazole rings is 1. The van der Waals surface area contributed by atoms with Crippen molar-refractivity contribution < 1.29 is 24.2 Å². The summed E-state index contributed by atoms with van der Waals surface area (Å²) in [6.07, 6.45) is 1.33. The summed E-state index contributed by atoms with van der Waals surface area (Å²) in [5.41, 5.74) is 1.08. The molecule has 1 aromatic heterocycles. The predicted octanol–water partition coefficient (Wildman–Crippen LogP) is 3.01. The summed E-state index contributed by atoms with van der Waals surface area (Å²) in [7, 11) is 1.44. The predicted molar refractivity (Wildman–Crippen MR) is 97.8 cm³/mol. The van der Waals surface area contributed by atoms with E-state index in [-0.39, 0.29) is 11.7 Å². The number of hydrogen-bond acceptors (Lipinski definition) is 5. The van der Waals surface area contributed by atoms with Gasteiger partial charge in [0, 0.05) is 18.7 Å². The van der Waals surface area contributed by atoms with Gasteiger partial charge >= 0.3 is 12.1 Å². The van der Waals surface area contributed by atoms with Gasteiger partial charge in [0.1, 0.15) is 22.7 Å². The number of amides is 1. The van der Waals surface area contributed by atoms with Crippen molar-refractivity contribution in [3.05, 3.63) is 35.8 Å². The highest BCUT2D eigenvalue weighted by Gasteiger charge is 2.28. The van der Waals surface area contributed by atoms with Crippen LogP contribution in [0.15, 0.2) is 24.4 Å². The molecule has 144 valence electrons. The second-order valence-electron chi connectivity index (χ2n) is 7.33. The van der Waals surface area contributed by atoms with Crippen molar-refractivity contribution in [3.63, 3.8) is 0 Å². The van der Waals surface area contributed by atoms with E-state index >= 15 is 0 Å². The van der Waals surface area contributed by atoms with E-state index in [4.69, 9.17) is 9.47 Å². The average molecular weight is 373 g/mol. The molecule has 0 fully saturated rings. The molecule has 1 aliphatic heterocycles. The van der Waals surface area contributed by atoms with E-state index in [1.165, 1.54) is 7.11 Å². The van der Waals surface area contributed by atoms with E-state index in [2.05, 4.69) is 4.98 Å². The topological polar surface area (TPSA) is 93.9 Å². The van der Waals surface area contributed by atoms with E-state index in [0.717, 1.165) is 17.1 Å². The second-order valence-corrected chi connectivity index (χ2v) is 7.33. The molecule has 1 aliphatic rings. The Bertz CT molecular complexity index is 882. The fourth-order valence-corrected chi connectivity index (χ4v) is 3.01. The van der Waals surface area contributed by atoms with Crippen LogP contribution in [0.4, 0.5) is 4.79 Å². The Kier molecular flexibility index (Phi) is 4.82. The third-order valence-electron chi connectivity index (χ3n) is 4.24. The van der Waals surface area contributed by atoms with Crippen molar-refractivity contribution in [1.29, 1.82) is 0 Å². The largest absolute Gasteiger partial charge is 0.496 e. The number of aromatic carboxylic acids is 1. The Labute approximate surface area is 157 Å². The standard InChI is InChI=1S/C19H23N3O5/c1-19(2,3)27-18(25)21-7-8-22-14(10-20-16(22)11-21)12-5-6-15(26-4)13(9-12)17(23)24/h5-6,9-10H,7-8,11H2,1-4H3,(H,23,24). The molecule has 1 N–H and O–H groups in total. The smallest absolute Gasteiger partial charge is 0.410 e. The van der Waals surface area contributed by atoms with E-state index in [1.54, 1.807) is 29.3 Å². The van der Waals surface area contributed by atoms with Crippen molar-refractivity contribution >= 4 is 12.1 Å². The van der Waals surface area contributed by atoms with Crippen LogP contribution >= 0.6 is 0 Å². The number of hydrogen-bond donors (Lipinski definition) is 1. The normalized spacial score (nSPS) is 13.9. The third kappa shape index (κ3) is 3.89. The van der Waals surface area contributed by atoms with Crippen molar-refractivity contribution in [2.75, 3.05) is 13.7 Å². The maximum Gasteiger partial charge on any atom is 0.410 e. The molecule has 2 aromatic rings. The number of carbonyl (C=O) groups excluding carboxylic acids is 1. The number of benzene rings is 1. The average Bonchev–Trinajstić information content (AvgIpc) is 3.02. The number of rotatable bonds is 3. The van der Waals surface area contributed by atoms with Gasteiger partial charge in [0.2, 0.25) is 0 Å². The van der Waals surface area contributed by atoms with Crippen molar-refractivity contribution in [2.45, 2.75) is 39.5 Å². The first-order chi connectivity index (χ1) is 12.7. The van der Waals surface area contributed by atoms with Gasteiger partial charge in [-0.25, -0.2) is 14.6 Å². The highest BCUT2D eigenvalue weighted by molar-refractivity contribution is 5.92. The molecule has 0 saturated heterocycles. The van der Waals surface area contributed by atoms with Crippen molar-refractivity contribution in [2.24, 2.45) is 0 Å². The lowest BCUT2D eigenvalue weighted by atomic mass is 10.1. The number of aromatic nitrogens is 2. The summed E-state index contributed by atoms with van der Waals surface area (Å²) in [5.74, 6) is -0.0151. The third-order valence-corrected chi connectivity index (χ3v) is 4.24. The fraction of sp³-hybridized carbons (Fsp3) is 0.421. The molecule has 3 rings (SSSR count). The van der Waals surface area contributed by atoms with Crippen LogP contribution in [-0.4, -0.2) is 50.9 Å². The molecule has 0 bridgehead atoms. The molecule has 0 aliphatic carbocycles. The number of carbonyl (C=O) groups is 2. The molecule has 0 saturated carbocycles. The zero-order valence-corrected chi connectivity index (χ0v) is 15.9. The summed E-state index contributed by atoms with van der Waals surface area (Å²) >= 11 is 0. The lowest BCUT2D eigenvalue weighted by Crippen LogP contribution is -2.41. The highest BCUT2D eigenvalue weighted by Crippen LogP contribution is 2.29. The molecule has 8 heteroatoms. The molecule has 0 atom stereocenters. The van der Waals surface area contributed by atoms with Crippen molar-refractivity contribution in [1.82, 2.24) is 14.5 Å². The van der Waals surface area contributed by atoms with Gasteiger partial charge in [-0.15, -0.1) is 0 Å². The monoisotopic (exact) mass is 373 g/mol. The SMILES string of the molecule is COc1ccc(-c2cnc3n2CCN(C(=O)OC(C)(C)C)C3)cc1C(=O)O. The minimum absolute atomic E-state index is 0.0942. The number of carboxylic acid groups (broad SMARTS) is 1. The maximum absolute atomic E-state index is 12.3. The Balaban J connectivity index is 1.86. The Hall–Kier alpha value is -3.03. The van der Waals surface area contributed by atoms with Crippen molar-refractivity contribution in [3.8, 4) is 17.0 Å². The van der Waals surface area contributed by atoms with Gasteiger partial charge in [-0.05, 0) is 39.0 Å². The molecular weight excluding hydrogens is 350 g/mol. The summed E-state index contributed by atoms with van der Waals surface area (Å²) in [6.45, 7) is 6.88. The first-order valence-electron chi connectivity index (χ1n) is 8.63. The number of methoxy groups -OCH3 is 1. The number of carboxylic acids is 1. The van der Waals surface area contributed by atoms with Crippen LogP contribution in [0.25, 0.3) is 11.3 Å². The maximum atomic E-state index is 12.3. The first kappa shape index (κ1) is 18.8. The number of fused-ring (bicyclic) bond motifs is 1. The zero-order chi connectivity index (χ0) is 19.8. The summed E-state index contributed by atoms with van der Waals surface area (Å²) in [4.78, 5) is 29.8. The molecule has 0 unspecified atom stereocenters. The number of nitrogens with zero attached hydrogens (tertiary/aromatic N) is 3. The van der Waals surface area contributed by atoms with Gasteiger partial charge in [-0.1, -0.05) is 0 Å². The van der Waals surface area contributed by atoms with Crippen LogP contribution in [-0.2, 0) is 17.8 Å². The minimum Gasteiger partial charge on any atom is -0.496 e. The first-order valence-corrected chi connectivity index (χ1v) is 8.63. The number of ether oxygens (including phenoxy) is 2. The molecule has 1 aromatic carbocycles. The molecule has 0 radical (unpaired) electrons.